The quantitative estimate of drug-likeness (QED) is 0.327. The van der Waals surface area contributed by atoms with Crippen molar-refractivity contribution in [2.45, 2.75) is 38.0 Å². The zero-order valence-corrected chi connectivity index (χ0v) is 17.0. The van der Waals surface area contributed by atoms with Crippen LogP contribution in [-0.2, 0) is 12.8 Å². The summed E-state index contributed by atoms with van der Waals surface area (Å²) < 4.78 is 5.76. The van der Waals surface area contributed by atoms with Crippen LogP contribution in [0.3, 0.4) is 0 Å². The number of hydrazone groups is 1. The minimum absolute atomic E-state index is 0.366. The third-order valence-electron chi connectivity index (χ3n) is 5.07. The molecule has 0 amide bonds. The lowest BCUT2D eigenvalue weighted by molar-refractivity contribution is 0.351. The first kappa shape index (κ1) is 19.3. The molecule has 1 aromatic heterocycles. The lowest BCUT2D eigenvalue weighted by Crippen LogP contribution is -2.26. The maximum absolute atomic E-state index is 5.76. The monoisotopic (exact) mass is 404 g/mol. The lowest BCUT2D eigenvalue weighted by atomic mass is 9.84. The number of oxazole rings is 1. The molecule has 1 fully saturated rings. The van der Waals surface area contributed by atoms with Crippen LogP contribution in [0.25, 0.3) is 0 Å². The molecular weight excluding hydrogens is 380 g/mol. The topological polar surface area (TPSA) is 62.5 Å². The minimum Gasteiger partial charge on any atom is -0.428 e. The van der Waals surface area contributed by atoms with Gasteiger partial charge in [-0.25, -0.2) is 4.98 Å². The zero-order valence-electron chi connectivity index (χ0n) is 16.2. The van der Waals surface area contributed by atoms with Gasteiger partial charge in [0.25, 0.3) is 0 Å². The number of rotatable bonds is 7. The van der Waals surface area contributed by atoms with Crippen LogP contribution in [0, 0.1) is 0 Å². The molecule has 0 atom stereocenters. The van der Waals surface area contributed by atoms with Gasteiger partial charge in [0.1, 0.15) is 5.76 Å². The van der Waals surface area contributed by atoms with Crippen LogP contribution < -0.4 is 10.7 Å². The van der Waals surface area contributed by atoms with Crippen LogP contribution in [0.2, 0.25) is 0 Å². The van der Waals surface area contributed by atoms with E-state index in [1.54, 1.807) is 6.20 Å². The Bertz CT molecular complexity index is 921. The first-order valence-electron chi connectivity index (χ1n) is 9.92. The summed E-state index contributed by atoms with van der Waals surface area (Å²) in [5.74, 6) is 1.43. The summed E-state index contributed by atoms with van der Waals surface area (Å²) in [6.45, 7) is 0. The number of hydrogen-bond donors (Lipinski definition) is 2. The molecule has 3 aromatic rings. The highest BCUT2D eigenvalue weighted by molar-refractivity contribution is 7.80. The maximum atomic E-state index is 5.76. The van der Waals surface area contributed by atoms with Gasteiger partial charge >= 0.3 is 6.01 Å². The van der Waals surface area contributed by atoms with Gasteiger partial charge < -0.3 is 4.42 Å². The van der Waals surface area contributed by atoms with E-state index in [1.807, 2.05) is 36.4 Å². The molecule has 5 nitrogen and oxygen atoms in total. The minimum atomic E-state index is 0.366. The second-order valence-electron chi connectivity index (χ2n) is 7.26. The molecule has 4 rings (SSSR count). The molecule has 1 aliphatic carbocycles. The normalized spacial score (nSPS) is 13.4. The number of anilines is 1. The van der Waals surface area contributed by atoms with Crippen LogP contribution in [0.15, 0.2) is 76.4 Å². The molecular formula is C23H24N4OS. The highest BCUT2D eigenvalue weighted by Gasteiger charge is 2.23. The van der Waals surface area contributed by atoms with Gasteiger partial charge in [-0.15, -0.1) is 0 Å². The van der Waals surface area contributed by atoms with Crippen LogP contribution in [0.5, 0.6) is 0 Å². The number of thiocarbonyl (C=S) groups is 1. The van der Waals surface area contributed by atoms with Crippen molar-refractivity contribution in [2.75, 3.05) is 5.32 Å². The fraction of sp³-hybridized carbons (Fsp3) is 0.261. The van der Waals surface area contributed by atoms with Crippen LogP contribution in [0.1, 0.15) is 42.1 Å². The second kappa shape index (κ2) is 9.47. The van der Waals surface area contributed by atoms with Gasteiger partial charge in [0.15, 0.2) is 5.11 Å². The lowest BCUT2D eigenvalue weighted by Gasteiger charge is -2.22. The summed E-state index contributed by atoms with van der Waals surface area (Å²) in [6, 6.07) is 21.0. The molecule has 148 valence electrons. The van der Waals surface area contributed by atoms with E-state index in [9.17, 15) is 0 Å². The Morgan fingerprint density at radius 1 is 1.00 bits per heavy atom. The van der Waals surface area contributed by atoms with Crippen molar-refractivity contribution in [3.8, 4) is 0 Å². The van der Waals surface area contributed by atoms with Crippen LogP contribution in [0.4, 0.5) is 6.01 Å². The average Bonchev–Trinajstić information content (AvgIpc) is 3.14. The van der Waals surface area contributed by atoms with Gasteiger partial charge in [-0.05, 0) is 36.2 Å². The van der Waals surface area contributed by atoms with E-state index < -0.39 is 0 Å². The van der Waals surface area contributed by atoms with Crippen LogP contribution in [-0.4, -0.2) is 15.8 Å². The first-order valence-corrected chi connectivity index (χ1v) is 10.3. The largest absolute Gasteiger partial charge is 0.428 e. The molecule has 0 radical (unpaired) electrons. The van der Waals surface area contributed by atoms with Gasteiger partial charge in [-0.3, -0.25) is 10.7 Å². The second-order valence-corrected chi connectivity index (χ2v) is 7.67. The third-order valence-corrected chi connectivity index (χ3v) is 5.26. The summed E-state index contributed by atoms with van der Waals surface area (Å²) >= 11 is 5.37. The Morgan fingerprint density at radius 2 is 1.62 bits per heavy atom. The SMILES string of the molecule is S=C(NN=C(Cc1ccccc1)Cc1ccccc1)Nc1ncc(C2CCC2)o1. The molecule has 2 N–H and O–H groups in total. The third kappa shape index (κ3) is 5.51. The summed E-state index contributed by atoms with van der Waals surface area (Å²) in [6.07, 6.45) is 6.88. The van der Waals surface area contributed by atoms with Gasteiger partial charge in [-0.2, -0.15) is 5.10 Å². The highest BCUT2D eigenvalue weighted by atomic mass is 32.1. The Kier molecular flexibility index (Phi) is 6.32. The van der Waals surface area contributed by atoms with Crippen molar-refractivity contribution in [3.63, 3.8) is 0 Å². The van der Waals surface area contributed by atoms with Gasteiger partial charge in [0.2, 0.25) is 0 Å². The standard InChI is InChI=1S/C23H24N4OS/c29-23(25-22-24-16-21(28-22)19-12-7-13-19)27-26-20(14-17-8-3-1-4-9-17)15-18-10-5-2-6-11-18/h1-6,8-11,16,19H,7,12-15H2,(H2,24,25,27,29). The highest BCUT2D eigenvalue weighted by Crippen LogP contribution is 2.37. The molecule has 29 heavy (non-hydrogen) atoms. The van der Waals surface area contributed by atoms with Gasteiger partial charge in [-0.1, -0.05) is 67.1 Å². The van der Waals surface area contributed by atoms with Crippen molar-refractivity contribution in [1.29, 1.82) is 0 Å². The smallest absolute Gasteiger partial charge is 0.301 e. The Labute approximate surface area is 176 Å². The van der Waals surface area contributed by atoms with E-state index in [0.29, 0.717) is 17.0 Å². The predicted octanol–water partition coefficient (Wildman–Crippen LogP) is 5.07. The average molecular weight is 405 g/mol. The summed E-state index contributed by atoms with van der Waals surface area (Å²) in [5, 5.41) is 7.92. The molecule has 0 spiro atoms. The van der Waals surface area contributed by atoms with Crippen molar-refractivity contribution in [3.05, 3.63) is 83.7 Å². The fourth-order valence-corrected chi connectivity index (χ4v) is 3.42. The number of benzene rings is 2. The van der Waals surface area contributed by atoms with Crippen molar-refractivity contribution >= 4 is 29.1 Å². The number of nitrogens with zero attached hydrogens (tertiary/aromatic N) is 2. The van der Waals surface area contributed by atoms with E-state index in [4.69, 9.17) is 16.6 Å². The number of aromatic nitrogens is 1. The van der Waals surface area contributed by atoms with Crippen LogP contribution >= 0.6 is 12.2 Å². The maximum Gasteiger partial charge on any atom is 0.301 e. The summed E-state index contributed by atoms with van der Waals surface area (Å²) in [5.41, 5.74) is 6.36. The van der Waals surface area contributed by atoms with E-state index in [1.165, 1.54) is 30.4 Å². The Balaban J connectivity index is 1.40. The Hall–Kier alpha value is -2.99. The van der Waals surface area contributed by atoms with Crippen molar-refractivity contribution in [1.82, 2.24) is 10.4 Å². The molecule has 6 heteroatoms. The summed E-state index contributed by atoms with van der Waals surface area (Å²) in [7, 11) is 0. The molecule has 0 saturated heterocycles. The van der Waals surface area contributed by atoms with Crippen molar-refractivity contribution < 1.29 is 4.42 Å². The number of nitrogens with one attached hydrogen (secondary N) is 2. The molecule has 1 saturated carbocycles. The van der Waals surface area contributed by atoms with Crippen molar-refractivity contribution in [2.24, 2.45) is 5.10 Å². The molecule has 1 aliphatic rings. The molecule has 0 unspecified atom stereocenters. The van der Waals surface area contributed by atoms with Gasteiger partial charge in [0.05, 0.1) is 6.20 Å². The Morgan fingerprint density at radius 3 is 2.17 bits per heavy atom. The number of hydrogen-bond acceptors (Lipinski definition) is 4. The van der Waals surface area contributed by atoms with E-state index in [2.05, 4.69) is 45.1 Å². The summed E-state index contributed by atoms with van der Waals surface area (Å²) in [4.78, 5) is 4.27. The predicted molar refractivity (Wildman–Crippen MR) is 120 cm³/mol. The first-order chi connectivity index (χ1) is 14.3. The van der Waals surface area contributed by atoms with E-state index >= 15 is 0 Å². The van der Waals surface area contributed by atoms with E-state index in [-0.39, 0.29) is 0 Å². The molecule has 2 aromatic carbocycles. The molecule has 1 heterocycles. The fourth-order valence-electron chi connectivity index (χ4n) is 3.29. The van der Waals surface area contributed by atoms with E-state index in [0.717, 1.165) is 24.3 Å². The zero-order chi connectivity index (χ0) is 19.9. The van der Waals surface area contributed by atoms with Gasteiger partial charge in [0, 0.05) is 24.5 Å². The molecule has 0 bridgehead atoms. The molecule has 0 aliphatic heterocycles.